The zero-order chi connectivity index (χ0) is 20.5. The molecule has 164 valence electrons. The molecule has 1 aliphatic heterocycles. The first-order valence-electron chi connectivity index (χ1n) is 11.8. The lowest BCUT2D eigenvalue weighted by molar-refractivity contribution is -0.137. The molecule has 1 amide bonds. The molecule has 0 saturated carbocycles. The Hall–Kier alpha value is -1.10. The van der Waals surface area contributed by atoms with Gasteiger partial charge >= 0.3 is 5.97 Å². The molecular weight excluding hydrogens is 354 g/mol. The zero-order valence-electron chi connectivity index (χ0n) is 17.9. The number of aliphatic carboxylic acids is 1. The molecule has 0 aromatic carbocycles. The molecular formula is C23H43NO4. The van der Waals surface area contributed by atoms with Crippen molar-refractivity contribution in [2.45, 2.75) is 122 Å². The molecule has 0 aromatic rings. The van der Waals surface area contributed by atoms with Gasteiger partial charge in [-0.2, -0.15) is 0 Å². The number of hydrogen-bond acceptors (Lipinski definition) is 3. The number of carbonyl (C=O) groups is 2. The summed E-state index contributed by atoms with van der Waals surface area (Å²) in [5.74, 6) is -0.440. The highest BCUT2D eigenvalue weighted by molar-refractivity contribution is 5.76. The maximum atomic E-state index is 12.2. The van der Waals surface area contributed by atoms with E-state index in [2.05, 4.69) is 0 Å². The second-order valence-corrected chi connectivity index (χ2v) is 8.41. The van der Waals surface area contributed by atoms with Crippen molar-refractivity contribution in [3.63, 3.8) is 0 Å². The molecule has 1 unspecified atom stereocenters. The van der Waals surface area contributed by atoms with E-state index < -0.39 is 5.97 Å². The first-order valence-corrected chi connectivity index (χ1v) is 11.8. The Labute approximate surface area is 171 Å². The van der Waals surface area contributed by atoms with Crippen LogP contribution < -0.4 is 0 Å². The Bertz CT molecular complexity index is 413. The van der Waals surface area contributed by atoms with Crippen LogP contribution in [0.15, 0.2) is 0 Å². The number of hydrogen-bond donors (Lipinski definition) is 2. The van der Waals surface area contributed by atoms with Gasteiger partial charge in [0.2, 0.25) is 5.91 Å². The highest BCUT2D eigenvalue weighted by atomic mass is 16.4. The van der Waals surface area contributed by atoms with E-state index in [1.165, 1.54) is 64.2 Å². The highest BCUT2D eigenvalue weighted by Crippen LogP contribution is 2.19. The molecule has 0 radical (unpaired) electrons. The average molecular weight is 398 g/mol. The number of carboxylic acid groups (broad SMARTS) is 1. The van der Waals surface area contributed by atoms with Crippen molar-refractivity contribution < 1.29 is 19.8 Å². The number of amides is 1. The van der Waals surface area contributed by atoms with Crippen LogP contribution in [-0.2, 0) is 9.59 Å². The van der Waals surface area contributed by atoms with Gasteiger partial charge in [0.05, 0.1) is 12.6 Å². The predicted molar refractivity (Wildman–Crippen MR) is 113 cm³/mol. The fraction of sp³-hybridized carbons (Fsp3) is 0.913. The van der Waals surface area contributed by atoms with Crippen molar-refractivity contribution in [3.05, 3.63) is 0 Å². The van der Waals surface area contributed by atoms with Crippen LogP contribution in [0.25, 0.3) is 0 Å². The van der Waals surface area contributed by atoms with E-state index in [-0.39, 0.29) is 18.6 Å². The van der Waals surface area contributed by atoms with Crippen molar-refractivity contribution in [2.75, 3.05) is 13.2 Å². The smallest absolute Gasteiger partial charge is 0.303 e. The summed E-state index contributed by atoms with van der Waals surface area (Å²) in [6.45, 7) is 0.938. The summed E-state index contributed by atoms with van der Waals surface area (Å²) in [6, 6.07) is 0.0736. The van der Waals surface area contributed by atoms with Crippen LogP contribution in [-0.4, -0.2) is 46.2 Å². The summed E-state index contributed by atoms with van der Waals surface area (Å²) in [7, 11) is 0. The number of nitrogens with zero attached hydrogens (tertiary/aromatic N) is 1. The molecule has 1 heterocycles. The normalized spacial score (nSPS) is 16.6. The minimum Gasteiger partial charge on any atom is -0.481 e. The van der Waals surface area contributed by atoms with Gasteiger partial charge in [0.15, 0.2) is 0 Å². The summed E-state index contributed by atoms with van der Waals surface area (Å²) < 4.78 is 0. The summed E-state index contributed by atoms with van der Waals surface area (Å²) in [5, 5.41) is 17.9. The van der Waals surface area contributed by atoms with Gasteiger partial charge in [-0.25, -0.2) is 0 Å². The fourth-order valence-corrected chi connectivity index (χ4v) is 4.17. The van der Waals surface area contributed by atoms with Gasteiger partial charge in [0.25, 0.3) is 0 Å². The molecule has 0 spiro atoms. The van der Waals surface area contributed by atoms with Crippen LogP contribution in [0.5, 0.6) is 0 Å². The Morgan fingerprint density at radius 1 is 0.714 bits per heavy atom. The molecule has 5 nitrogen and oxygen atoms in total. The van der Waals surface area contributed by atoms with E-state index in [0.29, 0.717) is 12.8 Å². The highest BCUT2D eigenvalue weighted by Gasteiger charge is 2.27. The molecule has 1 aliphatic rings. The molecule has 1 fully saturated rings. The standard InChI is InChI=1S/C23H43NO4/c25-20-21-16-15-19-24(21)22(26)17-13-11-9-7-5-3-1-2-4-6-8-10-12-14-18-23(27)28/h21,25H,1-20H2,(H,27,28). The van der Waals surface area contributed by atoms with E-state index in [1.54, 1.807) is 0 Å². The van der Waals surface area contributed by atoms with Crippen LogP contribution in [0.3, 0.4) is 0 Å². The third-order valence-electron chi connectivity index (χ3n) is 5.94. The Morgan fingerprint density at radius 2 is 1.14 bits per heavy atom. The van der Waals surface area contributed by atoms with E-state index in [0.717, 1.165) is 45.1 Å². The molecule has 0 bridgehead atoms. The first kappa shape index (κ1) is 24.9. The number of carboxylic acids is 1. The fourth-order valence-electron chi connectivity index (χ4n) is 4.17. The van der Waals surface area contributed by atoms with Crippen molar-refractivity contribution in [3.8, 4) is 0 Å². The van der Waals surface area contributed by atoms with Gasteiger partial charge < -0.3 is 15.1 Å². The van der Waals surface area contributed by atoms with Gasteiger partial charge in [-0.15, -0.1) is 0 Å². The van der Waals surface area contributed by atoms with E-state index in [1.807, 2.05) is 4.90 Å². The van der Waals surface area contributed by atoms with Crippen molar-refractivity contribution in [1.29, 1.82) is 0 Å². The summed E-state index contributed by atoms with van der Waals surface area (Å²) in [6.07, 6.45) is 19.8. The third-order valence-corrected chi connectivity index (χ3v) is 5.94. The lowest BCUT2D eigenvalue weighted by atomic mass is 10.0. The third kappa shape index (κ3) is 12.4. The van der Waals surface area contributed by atoms with Gasteiger partial charge in [0.1, 0.15) is 0 Å². The topological polar surface area (TPSA) is 77.8 Å². The number of unbranched alkanes of at least 4 members (excludes halogenated alkanes) is 13. The van der Waals surface area contributed by atoms with Crippen LogP contribution in [0.1, 0.15) is 116 Å². The maximum Gasteiger partial charge on any atom is 0.303 e. The van der Waals surface area contributed by atoms with E-state index in [9.17, 15) is 14.7 Å². The number of rotatable bonds is 18. The molecule has 5 heteroatoms. The van der Waals surface area contributed by atoms with Crippen LogP contribution in [0, 0.1) is 0 Å². The van der Waals surface area contributed by atoms with Crippen LogP contribution in [0.4, 0.5) is 0 Å². The molecule has 2 N–H and O–H groups in total. The minimum absolute atomic E-state index is 0.0736. The van der Waals surface area contributed by atoms with Crippen LogP contribution >= 0.6 is 0 Å². The van der Waals surface area contributed by atoms with Crippen molar-refractivity contribution in [1.82, 2.24) is 4.90 Å². The van der Waals surface area contributed by atoms with Crippen LogP contribution in [0.2, 0.25) is 0 Å². The number of carbonyl (C=O) groups excluding carboxylic acids is 1. The zero-order valence-corrected chi connectivity index (χ0v) is 17.9. The quantitative estimate of drug-likeness (QED) is 0.308. The molecule has 1 saturated heterocycles. The first-order chi connectivity index (χ1) is 13.6. The second-order valence-electron chi connectivity index (χ2n) is 8.41. The Balaban J connectivity index is 1.77. The average Bonchev–Trinajstić information content (AvgIpc) is 3.16. The molecule has 0 aromatic heterocycles. The largest absolute Gasteiger partial charge is 0.481 e. The summed E-state index contributed by atoms with van der Waals surface area (Å²) >= 11 is 0. The van der Waals surface area contributed by atoms with Gasteiger partial charge in [-0.05, 0) is 25.7 Å². The minimum atomic E-state index is -0.674. The second kappa shape index (κ2) is 16.8. The van der Waals surface area contributed by atoms with Gasteiger partial charge in [0, 0.05) is 19.4 Å². The summed E-state index contributed by atoms with van der Waals surface area (Å²) in [5.41, 5.74) is 0. The van der Waals surface area contributed by atoms with Crippen molar-refractivity contribution >= 4 is 11.9 Å². The van der Waals surface area contributed by atoms with Gasteiger partial charge in [-0.3, -0.25) is 9.59 Å². The Morgan fingerprint density at radius 3 is 1.57 bits per heavy atom. The van der Waals surface area contributed by atoms with E-state index >= 15 is 0 Å². The lowest BCUT2D eigenvalue weighted by Crippen LogP contribution is -2.37. The van der Waals surface area contributed by atoms with E-state index in [4.69, 9.17) is 5.11 Å². The predicted octanol–water partition coefficient (Wildman–Crippen LogP) is 5.30. The number of aliphatic hydroxyl groups excluding tert-OH is 1. The molecule has 0 aliphatic carbocycles. The summed E-state index contributed by atoms with van der Waals surface area (Å²) in [4.78, 5) is 24.5. The van der Waals surface area contributed by atoms with Gasteiger partial charge in [-0.1, -0.05) is 77.0 Å². The molecule has 1 rings (SSSR count). The SMILES string of the molecule is O=C(O)CCCCCCCCCCCCCCCCC(=O)N1CCCC1CO. The number of aliphatic hydroxyl groups is 1. The maximum absolute atomic E-state index is 12.2. The number of likely N-dealkylation sites (tertiary alicyclic amines) is 1. The molecule has 1 atom stereocenters. The Kier molecular flexibility index (Phi) is 15.0. The molecule has 28 heavy (non-hydrogen) atoms. The van der Waals surface area contributed by atoms with Crippen molar-refractivity contribution in [2.24, 2.45) is 0 Å². The monoisotopic (exact) mass is 397 g/mol. The lowest BCUT2D eigenvalue weighted by Gasteiger charge is -2.22.